The van der Waals surface area contributed by atoms with E-state index >= 15 is 0 Å². The predicted octanol–water partition coefficient (Wildman–Crippen LogP) is 4.25. The summed E-state index contributed by atoms with van der Waals surface area (Å²) in [6, 6.07) is 15.3. The molecule has 3 nitrogen and oxygen atoms in total. The molecule has 2 aromatic carbocycles. The summed E-state index contributed by atoms with van der Waals surface area (Å²) >= 11 is 1.65. The Morgan fingerprint density at radius 1 is 1.19 bits per heavy atom. The van der Waals surface area contributed by atoms with Gasteiger partial charge in [0.1, 0.15) is 5.75 Å². The summed E-state index contributed by atoms with van der Waals surface area (Å²) in [6.45, 7) is 2.47. The van der Waals surface area contributed by atoms with Crippen LogP contribution in [0.25, 0.3) is 0 Å². The first-order valence-corrected chi connectivity index (χ1v) is 7.80. The molecule has 0 fully saturated rings. The maximum Gasteiger partial charge on any atom is 0.335 e. The molecule has 0 saturated carbocycles. The van der Waals surface area contributed by atoms with Gasteiger partial charge < -0.3 is 9.84 Å². The first kappa shape index (κ1) is 15.4. The average Bonchev–Trinajstić information content (AvgIpc) is 2.49. The second kappa shape index (κ2) is 7.74. The minimum Gasteiger partial charge on any atom is -0.494 e. The topological polar surface area (TPSA) is 46.5 Å². The van der Waals surface area contributed by atoms with Gasteiger partial charge in [0.15, 0.2) is 0 Å². The fourth-order valence-corrected chi connectivity index (χ4v) is 2.74. The van der Waals surface area contributed by atoms with Crippen molar-refractivity contribution in [3.05, 3.63) is 59.7 Å². The molecule has 0 spiro atoms. The number of ether oxygens (including phenoxy) is 1. The zero-order chi connectivity index (χ0) is 15.1. The number of carbonyl (C=O) groups is 1. The number of para-hydroxylation sites is 1. The van der Waals surface area contributed by atoms with Gasteiger partial charge in [-0.3, -0.25) is 0 Å². The van der Waals surface area contributed by atoms with Gasteiger partial charge in [0, 0.05) is 10.6 Å². The number of carboxylic acids is 1. The number of aromatic carboxylic acids is 1. The Hall–Kier alpha value is -1.94. The number of carboxylic acid groups (broad SMARTS) is 1. The molecule has 0 bridgehead atoms. The van der Waals surface area contributed by atoms with Crippen LogP contribution in [0.3, 0.4) is 0 Å². The van der Waals surface area contributed by atoms with Crippen molar-refractivity contribution < 1.29 is 14.6 Å². The van der Waals surface area contributed by atoms with Crippen LogP contribution >= 0.6 is 11.8 Å². The fourth-order valence-electron chi connectivity index (χ4n) is 1.88. The SMILES string of the molecule is Cc1ccc(SCCCOc2ccccc2)cc1C(=O)O. The molecule has 0 atom stereocenters. The smallest absolute Gasteiger partial charge is 0.335 e. The number of benzene rings is 2. The standard InChI is InChI=1S/C17H18O3S/c1-13-8-9-15(12-16(13)17(18)19)21-11-5-10-20-14-6-3-2-4-7-14/h2-4,6-9,12H,5,10-11H2,1H3,(H,18,19). The monoisotopic (exact) mass is 302 g/mol. The number of hydrogen-bond donors (Lipinski definition) is 1. The summed E-state index contributed by atoms with van der Waals surface area (Å²) < 4.78 is 5.62. The highest BCUT2D eigenvalue weighted by Gasteiger charge is 2.07. The molecule has 0 saturated heterocycles. The molecule has 0 unspecified atom stereocenters. The van der Waals surface area contributed by atoms with E-state index in [0.29, 0.717) is 12.2 Å². The highest BCUT2D eigenvalue weighted by molar-refractivity contribution is 7.99. The largest absolute Gasteiger partial charge is 0.494 e. The second-order valence-electron chi connectivity index (χ2n) is 4.65. The normalized spacial score (nSPS) is 10.3. The fraction of sp³-hybridized carbons (Fsp3) is 0.235. The van der Waals surface area contributed by atoms with Gasteiger partial charge in [0.25, 0.3) is 0 Å². The Balaban J connectivity index is 1.76. The molecular formula is C17H18O3S. The van der Waals surface area contributed by atoms with Crippen LogP contribution in [0.1, 0.15) is 22.3 Å². The zero-order valence-corrected chi connectivity index (χ0v) is 12.7. The van der Waals surface area contributed by atoms with Gasteiger partial charge in [0.2, 0.25) is 0 Å². The van der Waals surface area contributed by atoms with Crippen molar-refractivity contribution >= 4 is 17.7 Å². The highest BCUT2D eigenvalue weighted by Crippen LogP contribution is 2.22. The van der Waals surface area contributed by atoms with E-state index in [0.717, 1.165) is 28.4 Å². The first-order valence-electron chi connectivity index (χ1n) is 6.81. The van der Waals surface area contributed by atoms with E-state index in [4.69, 9.17) is 9.84 Å². The lowest BCUT2D eigenvalue weighted by atomic mass is 10.1. The molecule has 2 rings (SSSR count). The predicted molar refractivity (Wildman–Crippen MR) is 85.4 cm³/mol. The lowest BCUT2D eigenvalue weighted by molar-refractivity contribution is 0.0696. The third kappa shape index (κ3) is 4.83. The molecule has 0 amide bonds. The van der Waals surface area contributed by atoms with Crippen molar-refractivity contribution in [2.45, 2.75) is 18.2 Å². The molecular weight excluding hydrogens is 284 g/mol. The van der Waals surface area contributed by atoms with Crippen LogP contribution in [0, 0.1) is 6.92 Å². The Morgan fingerprint density at radius 3 is 2.67 bits per heavy atom. The number of aryl methyl sites for hydroxylation is 1. The van der Waals surface area contributed by atoms with Crippen molar-refractivity contribution in [2.75, 3.05) is 12.4 Å². The first-order chi connectivity index (χ1) is 10.2. The van der Waals surface area contributed by atoms with Gasteiger partial charge in [-0.2, -0.15) is 0 Å². The third-order valence-electron chi connectivity index (χ3n) is 3.01. The molecule has 0 radical (unpaired) electrons. The summed E-state index contributed by atoms with van der Waals surface area (Å²) in [6.07, 6.45) is 0.913. The van der Waals surface area contributed by atoms with E-state index in [1.807, 2.05) is 49.4 Å². The Kier molecular flexibility index (Phi) is 5.69. The molecule has 0 aliphatic heterocycles. The maximum atomic E-state index is 11.1. The lowest BCUT2D eigenvalue weighted by Crippen LogP contribution is -2.00. The van der Waals surface area contributed by atoms with Gasteiger partial charge in [-0.25, -0.2) is 4.79 Å². The molecule has 4 heteroatoms. The van der Waals surface area contributed by atoms with Crippen molar-refractivity contribution in [2.24, 2.45) is 0 Å². The summed E-state index contributed by atoms with van der Waals surface area (Å²) in [7, 11) is 0. The number of thioether (sulfide) groups is 1. The molecule has 2 aromatic rings. The van der Waals surface area contributed by atoms with E-state index in [1.165, 1.54) is 0 Å². The van der Waals surface area contributed by atoms with E-state index < -0.39 is 5.97 Å². The molecule has 110 valence electrons. The Morgan fingerprint density at radius 2 is 1.95 bits per heavy atom. The summed E-state index contributed by atoms with van der Waals surface area (Å²) in [4.78, 5) is 12.1. The second-order valence-corrected chi connectivity index (χ2v) is 5.81. The van der Waals surface area contributed by atoms with Crippen LogP contribution in [0.2, 0.25) is 0 Å². The Bertz CT molecular complexity index is 596. The van der Waals surface area contributed by atoms with Crippen LogP contribution in [0.15, 0.2) is 53.4 Å². The Labute approximate surface area is 129 Å². The van der Waals surface area contributed by atoms with Crippen molar-refractivity contribution in [1.82, 2.24) is 0 Å². The molecule has 0 aromatic heterocycles. The van der Waals surface area contributed by atoms with Gasteiger partial charge in [-0.05, 0) is 43.2 Å². The van der Waals surface area contributed by atoms with Gasteiger partial charge in [-0.15, -0.1) is 11.8 Å². The van der Waals surface area contributed by atoms with E-state index in [9.17, 15) is 4.79 Å². The van der Waals surface area contributed by atoms with Crippen LogP contribution in [-0.4, -0.2) is 23.4 Å². The van der Waals surface area contributed by atoms with Crippen molar-refractivity contribution in [3.8, 4) is 5.75 Å². The van der Waals surface area contributed by atoms with Crippen LogP contribution < -0.4 is 4.74 Å². The van der Waals surface area contributed by atoms with E-state index in [-0.39, 0.29) is 0 Å². The molecule has 21 heavy (non-hydrogen) atoms. The average molecular weight is 302 g/mol. The third-order valence-corrected chi connectivity index (χ3v) is 4.09. The van der Waals surface area contributed by atoms with Gasteiger partial charge in [0.05, 0.1) is 12.2 Å². The molecule has 0 aliphatic rings. The molecule has 0 heterocycles. The van der Waals surface area contributed by atoms with Crippen LogP contribution in [0.4, 0.5) is 0 Å². The van der Waals surface area contributed by atoms with Crippen molar-refractivity contribution in [1.29, 1.82) is 0 Å². The van der Waals surface area contributed by atoms with Gasteiger partial charge >= 0.3 is 5.97 Å². The van der Waals surface area contributed by atoms with Crippen LogP contribution in [0.5, 0.6) is 5.75 Å². The number of hydrogen-bond acceptors (Lipinski definition) is 3. The van der Waals surface area contributed by atoms with Gasteiger partial charge in [-0.1, -0.05) is 24.3 Å². The lowest BCUT2D eigenvalue weighted by Gasteiger charge is -2.07. The molecule has 1 N–H and O–H groups in total. The minimum atomic E-state index is -0.873. The maximum absolute atomic E-state index is 11.1. The van der Waals surface area contributed by atoms with Crippen molar-refractivity contribution in [3.63, 3.8) is 0 Å². The summed E-state index contributed by atoms with van der Waals surface area (Å²) in [5.74, 6) is 0.906. The minimum absolute atomic E-state index is 0.375. The van der Waals surface area contributed by atoms with E-state index in [1.54, 1.807) is 17.8 Å². The van der Waals surface area contributed by atoms with E-state index in [2.05, 4.69) is 0 Å². The molecule has 0 aliphatic carbocycles. The zero-order valence-electron chi connectivity index (χ0n) is 11.9. The highest BCUT2D eigenvalue weighted by atomic mass is 32.2. The summed E-state index contributed by atoms with van der Waals surface area (Å²) in [5.41, 5.74) is 1.17. The van der Waals surface area contributed by atoms with Crippen LogP contribution in [-0.2, 0) is 0 Å². The summed E-state index contributed by atoms with van der Waals surface area (Å²) in [5, 5.41) is 9.10. The number of rotatable bonds is 7. The quantitative estimate of drug-likeness (QED) is 0.613.